The van der Waals surface area contributed by atoms with Crippen molar-refractivity contribution in [2.75, 3.05) is 32.2 Å². The van der Waals surface area contributed by atoms with Gasteiger partial charge in [0.2, 0.25) is 11.9 Å². The van der Waals surface area contributed by atoms with Gasteiger partial charge in [-0.15, -0.1) is 0 Å². The fraction of sp³-hybridized carbons (Fsp3) is 0.647. The molecular formula is C17H24N8O6. The molecule has 2 unspecified atom stereocenters. The van der Waals surface area contributed by atoms with E-state index >= 15 is 0 Å². The molecule has 0 bridgehead atoms. The summed E-state index contributed by atoms with van der Waals surface area (Å²) >= 11 is 0. The highest BCUT2D eigenvalue weighted by Crippen LogP contribution is 2.33. The van der Waals surface area contributed by atoms with E-state index < -0.39 is 30.1 Å². The largest absolute Gasteiger partial charge is 0.388 e. The van der Waals surface area contributed by atoms with Crippen molar-refractivity contribution in [1.29, 1.82) is 0 Å². The monoisotopic (exact) mass is 436 g/mol. The number of anilines is 1. The molecule has 1 aliphatic rings. The van der Waals surface area contributed by atoms with Gasteiger partial charge in [-0.05, 0) is 5.53 Å². The number of aliphatic hydroxyl groups excluding tert-OH is 1. The smallest absolute Gasteiger partial charge is 0.280 e. The summed E-state index contributed by atoms with van der Waals surface area (Å²) < 4.78 is 18.0. The average Bonchev–Trinajstić information content (AvgIpc) is 3.28. The Kier molecular flexibility index (Phi) is 7.20. The van der Waals surface area contributed by atoms with Crippen LogP contribution in [0, 0.1) is 5.92 Å². The highest BCUT2D eigenvalue weighted by molar-refractivity contribution is 5.91. The number of aliphatic hydroxyl groups is 1. The zero-order chi connectivity index (χ0) is 22.5. The van der Waals surface area contributed by atoms with E-state index in [-0.39, 0.29) is 48.7 Å². The number of rotatable bonds is 9. The van der Waals surface area contributed by atoms with Crippen LogP contribution in [0.4, 0.5) is 5.95 Å². The summed E-state index contributed by atoms with van der Waals surface area (Å²) in [5.74, 6) is -0.686. The Hall–Kier alpha value is -3.03. The summed E-state index contributed by atoms with van der Waals surface area (Å²) in [4.78, 5) is 38.0. The predicted octanol–water partition coefficient (Wildman–Crippen LogP) is 0.314. The van der Waals surface area contributed by atoms with Gasteiger partial charge in [0.15, 0.2) is 17.4 Å². The SMILES string of the molecule is COCCOC1C(O)[C@@H](CN=[N+]=[N-])O[C@H]1n1cnc2c(=O)[nH]c(NC(=O)C(C)C)nc21. The number of nitrogens with one attached hydrogen (secondary N) is 2. The van der Waals surface area contributed by atoms with Crippen LogP contribution < -0.4 is 10.9 Å². The molecule has 0 aliphatic carbocycles. The van der Waals surface area contributed by atoms with Crippen molar-refractivity contribution in [3.05, 3.63) is 27.1 Å². The normalized spacial score (nSPS) is 23.3. The van der Waals surface area contributed by atoms with E-state index in [1.807, 2.05) is 0 Å². The van der Waals surface area contributed by atoms with Crippen LogP contribution in [0.5, 0.6) is 0 Å². The van der Waals surface area contributed by atoms with Crippen molar-refractivity contribution in [2.45, 2.75) is 38.4 Å². The molecule has 0 saturated carbocycles. The predicted molar refractivity (Wildman–Crippen MR) is 107 cm³/mol. The van der Waals surface area contributed by atoms with Gasteiger partial charge in [0.05, 0.1) is 32.2 Å². The Morgan fingerprint density at radius 1 is 1.52 bits per heavy atom. The molecule has 3 N–H and O–H groups in total. The van der Waals surface area contributed by atoms with Gasteiger partial charge in [-0.25, -0.2) is 4.98 Å². The number of nitrogens with zero attached hydrogens (tertiary/aromatic N) is 6. The van der Waals surface area contributed by atoms with Crippen molar-refractivity contribution in [1.82, 2.24) is 19.5 Å². The lowest BCUT2D eigenvalue weighted by Crippen LogP contribution is -2.36. The van der Waals surface area contributed by atoms with E-state index in [2.05, 4.69) is 30.3 Å². The van der Waals surface area contributed by atoms with Crippen LogP contribution in [0.1, 0.15) is 20.1 Å². The first kappa shape index (κ1) is 22.7. The molecule has 1 fully saturated rings. The molecule has 168 valence electrons. The summed E-state index contributed by atoms with van der Waals surface area (Å²) in [6.07, 6.45) is -2.42. The Morgan fingerprint density at radius 2 is 2.29 bits per heavy atom. The average molecular weight is 436 g/mol. The summed E-state index contributed by atoms with van der Waals surface area (Å²) in [6.45, 7) is 3.74. The molecule has 2 aromatic heterocycles. The van der Waals surface area contributed by atoms with Crippen LogP contribution in [0.3, 0.4) is 0 Å². The Morgan fingerprint density at radius 3 is 2.97 bits per heavy atom. The van der Waals surface area contributed by atoms with Gasteiger partial charge < -0.3 is 19.3 Å². The van der Waals surface area contributed by atoms with Crippen LogP contribution >= 0.6 is 0 Å². The number of amides is 1. The molecule has 1 saturated heterocycles. The van der Waals surface area contributed by atoms with Crippen molar-refractivity contribution >= 4 is 23.0 Å². The topological polar surface area (TPSA) is 189 Å². The van der Waals surface area contributed by atoms with E-state index in [4.69, 9.17) is 19.7 Å². The second-order valence-electron chi connectivity index (χ2n) is 7.18. The number of aromatic amines is 1. The minimum absolute atomic E-state index is 0.0229. The zero-order valence-corrected chi connectivity index (χ0v) is 17.3. The van der Waals surface area contributed by atoms with Crippen molar-refractivity contribution in [2.24, 2.45) is 11.0 Å². The number of azide groups is 1. The number of carbonyl (C=O) groups is 1. The standard InChI is InChI=1S/C17H24N8O6/c1-8(2)14(27)22-17-21-13-10(15(28)23-17)19-7-25(13)16-12(30-5-4-29-3)11(26)9(31-16)6-20-24-18/h7-9,11-12,16,26H,4-6H2,1-3H3,(H2,21,22,23,27,28)/t9-,11?,12?,16-/m1/s1. The Balaban J connectivity index is 1.98. The minimum Gasteiger partial charge on any atom is -0.388 e. The second-order valence-corrected chi connectivity index (χ2v) is 7.18. The molecule has 3 rings (SSSR count). The third-order valence-electron chi connectivity index (χ3n) is 4.71. The van der Waals surface area contributed by atoms with Gasteiger partial charge >= 0.3 is 0 Å². The maximum Gasteiger partial charge on any atom is 0.280 e. The van der Waals surface area contributed by atoms with Crippen LogP contribution in [0.2, 0.25) is 0 Å². The van der Waals surface area contributed by atoms with Crippen molar-refractivity contribution in [3.8, 4) is 0 Å². The molecule has 0 aromatic carbocycles. The van der Waals surface area contributed by atoms with Crippen LogP contribution in [0.25, 0.3) is 21.6 Å². The van der Waals surface area contributed by atoms with E-state index in [0.717, 1.165) is 0 Å². The minimum atomic E-state index is -1.12. The summed E-state index contributed by atoms with van der Waals surface area (Å²) in [7, 11) is 1.51. The van der Waals surface area contributed by atoms with Crippen LogP contribution in [-0.4, -0.2) is 75.7 Å². The number of methoxy groups -OCH3 is 1. The summed E-state index contributed by atoms with van der Waals surface area (Å²) in [5.41, 5.74) is 8.19. The lowest BCUT2D eigenvalue weighted by Gasteiger charge is -2.22. The highest BCUT2D eigenvalue weighted by atomic mass is 16.6. The molecule has 14 heteroatoms. The van der Waals surface area contributed by atoms with Gasteiger partial charge in [-0.3, -0.25) is 24.5 Å². The first-order chi connectivity index (χ1) is 14.9. The molecule has 0 radical (unpaired) electrons. The summed E-state index contributed by atoms with van der Waals surface area (Å²) in [5, 5.41) is 16.7. The quantitative estimate of drug-likeness (QED) is 0.216. The van der Waals surface area contributed by atoms with Crippen LogP contribution in [-0.2, 0) is 19.0 Å². The highest BCUT2D eigenvalue weighted by Gasteiger charge is 2.45. The lowest BCUT2D eigenvalue weighted by atomic mass is 10.1. The first-order valence-electron chi connectivity index (χ1n) is 9.60. The molecule has 4 atom stereocenters. The number of hydrogen-bond acceptors (Lipinski definition) is 9. The Bertz CT molecular complexity index is 1030. The van der Waals surface area contributed by atoms with Gasteiger partial charge in [0, 0.05) is 17.9 Å². The number of aromatic nitrogens is 4. The molecule has 1 aliphatic heterocycles. The maximum absolute atomic E-state index is 12.4. The third kappa shape index (κ3) is 4.84. The third-order valence-corrected chi connectivity index (χ3v) is 4.71. The van der Waals surface area contributed by atoms with Crippen molar-refractivity contribution < 1.29 is 24.1 Å². The molecular weight excluding hydrogens is 412 g/mol. The first-order valence-corrected chi connectivity index (χ1v) is 9.60. The molecule has 0 spiro atoms. The van der Waals surface area contributed by atoms with Crippen molar-refractivity contribution in [3.63, 3.8) is 0 Å². The lowest BCUT2D eigenvalue weighted by molar-refractivity contribution is -0.118. The van der Waals surface area contributed by atoms with Gasteiger partial charge in [-0.1, -0.05) is 19.0 Å². The van der Waals surface area contributed by atoms with Gasteiger partial charge in [-0.2, -0.15) is 4.98 Å². The number of imidazole rings is 1. The number of ether oxygens (including phenoxy) is 3. The Labute approximate surface area is 176 Å². The van der Waals surface area contributed by atoms with Gasteiger partial charge in [0.25, 0.3) is 5.56 Å². The number of hydrogen-bond donors (Lipinski definition) is 3. The molecule has 31 heavy (non-hydrogen) atoms. The van der Waals surface area contributed by atoms with E-state index in [9.17, 15) is 14.7 Å². The van der Waals surface area contributed by atoms with Gasteiger partial charge in [0.1, 0.15) is 12.2 Å². The van der Waals surface area contributed by atoms with E-state index in [1.165, 1.54) is 18.0 Å². The fourth-order valence-corrected chi connectivity index (χ4v) is 3.09. The fourth-order valence-electron chi connectivity index (χ4n) is 3.09. The zero-order valence-electron chi connectivity index (χ0n) is 17.3. The maximum atomic E-state index is 12.4. The van der Waals surface area contributed by atoms with E-state index in [1.54, 1.807) is 13.8 Å². The number of H-pyrrole nitrogens is 1. The van der Waals surface area contributed by atoms with E-state index in [0.29, 0.717) is 0 Å². The molecule has 2 aromatic rings. The molecule has 14 nitrogen and oxygen atoms in total. The molecule has 1 amide bonds. The molecule has 3 heterocycles. The number of fused-ring (bicyclic) bond motifs is 1. The second kappa shape index (κ2) is 9.85. The van der Waals surface area contributed by atoms with Crippen LogP contribution in [0.15, 0.2) is 16.2 Å². The summed E-state index contributed by atoms with van der Waals surface area (Å²) in [6, 6.07) is 0. The number of carbonyl (C=O) groups excluding carboxylic acids is 1.